The number of aromatic amines is 1. The highest BCUT2D eigenvalue weighted by Crippen LogP contribution is 2.35. The van der Waals surface area contributed by atoms with Crippen LogP contribution in [-0.4, -0.2) is 16.8 Å². The third-order valence-electron chi connectivity index (χ3n) is 1.45. The molecule has 0 atom stereocenters. The minimum atomic E-state index is -4.74. The van der Waals surface area contributed by atoms with E-state index >= 15 is 0 Å². The first-order valence-corrected chi connectivity index (χ1v) is 4.05. The highest BCUT2D eigenvalue weighted by molar-refractivity contribution is 6.17. The number of nitrogens with one attached hydrogen (secondary N) is 1. The van der Waals surface area contributed by atoms with Gasteiger partial charge in [0.2, 0.25) is 5.88 Å². The van der Waals surface area contributed by atoms with Gasteiger partial charge in [0.15, 0.2) is 0 Å². The molecule has 0 aromatic carbocycles. The molecule has 1 rings (SSSR count). The molecule has 1 heterocycles. The van der Waals surface area contributed by atoms with Crippen LogP contribution < -0.4 is 4.74 Å². The van der Waals surface area contributed by atoms with Crippen molar-refractivity contribution in [2.75, 3.05) is 0 Å². The molecule has 0 aliphatic rings. The number of rotatable bonds is 3. The molecule has 3 nitrogen and oxygen atoms in total. The van der Waals surface area contributed by atoms with Crippen LogP contribution in [0.15, 0.2) is 0 Å². The number of H-pyrrole nitrogens is 1. The molecule has 1 aromatic heterocycles. The number of ether oxygens (including phenoxy) is 1. The summed E-state index contributed by atoms with van der Waals surface area (Å²) in [5, 5.41) is 4.51. The second-order valence-electron chi connectivity index (χ2n) is 2.39. The minimum absolute atomic E-state index is 0.632. The van der Waals surface area contributed by atoms with Crippen LogP contribution in [0.2, 0.25) is 0 Å². The van der Waals surface area contributed by atoms with Gasteiger partial charge >= 0.3 is 12.8 Å². The summed E-state index contributed by atoms with van der Waals surface area (Å²) in [5.41, 5.74) is -1.92. The average molecular weight is 251 g/mol. The highest BCUT2D eigenvalue weighted by atomic mass is 35.5. The first kappa shape index (κ1) is 12.0. The molecule has 9 heteroatoms. The van der Waals surface area contributed by atoms with E-state index in [-0.39, 0.29) is 0 Å². The standard InChI is InChI=1S/C6H4ClF5N2O/c7-1-2-3(6(10,11)12)13-14-4(2)15-5(8)9/h5H,1H2,(H,13,14). The van der Waals surface area contributed by atoms with Crippen LogP contribution in [0, 0.1) is 0 Å². The van der Waals surface area contributed by atoms with E-state index < -0.39 is 35.8 Å². The van der Waals surface area contributed by atoms with Crippen molar-refractivity contribution < 1.29 is 26.7 Å². The third-order valence-corrected chi connectivity index (χ3v) is 1.71. The van der Waals surface area contributed by atoms with Crippen molar-refractivity contribution in [2.24, 2.45) is 0 Å². The molecular formula is C6H4ClF5N2O. The van der Waals surface area contributed by atoms with Crippen molar-refractivity contribution >= 4 is 11.6 Å². The van der Waals surface area contributed by atoms with Crippen LogP contribution >= 0.6 is 11.6 Å². The van der Waals surface area contributed by atoms with E-state index in [1.807, 2.05) is 0 Å². The first-order valence-electron chi connectivity index (χ1n) is 3.51. The molecular weight excluding hydrogens is 247 g/mol. The molecule has 15 heavy (non-hydrogen) atoms. The molecule has 1 aromatic rings. The molecule has 1 N–H and O–H groups in total. The van der Waals surface area contributed by atoms with E-state index in [9.17, 15) is 22.0 Å². The Kier molecular flexibility index (Phi) is 3.38. The molecule has 0 fully saturated rings. The SMILES string of the molecule is FC(F)Oc1n[nH]c(C(F)(F)F)c1CCl. The Morgan fingerprint density at radius 2 is 2.00 bits per heavy atom. The van der Waals surface area contributed by atoms with Gasteiger partial charge in [0.05, 0.1) is 11.4 Å². The Morgan fingerprint density at radius 1 is 1.40 bits per heavy atom. The Hall–Kier alpha value is -1.05. The molecule has 0 saturated carbocycles. The zero-order chi connectivity index (χ0) is 11.6. The second kappa shape index (κ2) is 4.21. The van der Waals surface area contributed by atoms with E-state index in [1.54, 1.807) is 5.10 Å². The Labute approximate surface area is 85.2 Å². The Bertz CT molecular complexity index is 337. The maximum atomic E-state index is 12.2. The first-order chi connectivity index (χ1) is 6.86. The second-order valence-corrected chi connectivity index (χ2v) is 2.66. The normalized spacial score (nSPS) is 12.2. The Morgan fingerprint density at radius 3 is 2.40 bits per heavy atom. The number of nitrogens with zero attached hydrogens (tertiary/aromatic N) is 1. The maximum Gasteiger partial charge on any atom is 0.433 e. The molecule has 0 saturated heterocycles. The number of hydrogen-bond acceptors (Lipinski definition) is 2. The summed E-state index contributed by atoms with van der Waals surface area (Å²) in [7, 11) is 0. The van der Waals surface area contributed by atoms with Crippen molar-refractivity contribution in [3.8, 4) is 5.88 Å². The van der Waals surface area contributed by atoms with Crippen molar-refractivity contribution in [2.45, 2.75) is 18.7 Å². The molecule has 0 aliphatic carbocycles. The summed E-state index contributed by atoms with van der Waals surface area (Å²) in [6, 6.07) is 0. The van der Waals surface area contributed by atoms with Crippen LogP contribution in [0.1, 0.15) is 11.3 Å². The van der Waals surface area contributed by atoms with Crippen LogP contribution in [-0.2, 0) is 12.1 Å². The summed E-state index contributed by atoms with van der Waals surface area (Å²) in [4.78, 5) is 0. The van der Waals surface area contributed by atoms with E-state index in [2.05, 4.69) is 9.84 Å². The maximum absolute atomic E-state index is 12.2. The predicted molar refractivity (Wildman–Crippen MR) is 39.8 cm³/mol. The number of alkyl halides is 6. The topological polar surface area (TPSA) is 37.9 Å². The van der Waals surface area contributed by atoms with Crippen LogP contribution in [0.4, 0.5) is 22.0 Å². The van der Waals surface area contributed by atoms with Crippen LogP contribution in [0.25, 0.3) is 0 Å². The van der Waals surface area contributed by atoms with Crippen molar-refractivity contribution in [1.29, 1.82) is 0 Å². The number of aromatic nitrogens is 2. The fourth-order valence-corrected chi connectivity index (χ4v) is 1.14. The van der Waals surface area contributed by atoms with Gasteiger partial charge in [0.1, 0.15) is 5.69 Å². The molecule has 0 radical (unpaired) electrons. The van der Waals surface area contributed by atoms with E-state index in [0.717, 1.165) is 0 Å². The lowest BCUT2D eigenvalue weighted by atomic mass is 10.2. The van der Waals surface area contributed by atoms with Crippen molar-refractivity contribution in [3.05, 3.63) is 11.3 Å². The van der Waals surface area contributed by atoms with Gasteiger partial charge in [0, 0.05) is 0 Å². The lowest BCUT2D eigenvalue weighted by molar-refractivity contribution is -0.141. The summed E-state index contributed by atoms with van der Waals surface area (Å²) >= 11 is 5.18. The lowest BCUT2D eigenvalue weighted by Gasteiger charge is -2.06. The quantitative estimate of drug-likeness (QED) is 0.662. The fourth-order valence-electron chi connectivity index (χ4n) is 0.889. The smallest absolute Gasteiger partial charge is 0.415 e. The lowest BCUT2D eigenvalue weighted by Crippen LogP contribution is -2.09. The number of halogens is 6. The Balaban J connectivity index is 3.06. The van der Waals surface area contributed by atoms with Crippen molar-refractivity contribution in [1.82, 2.24) is 10.2 Å². The summed E-state index contributed by atoms with van der Waals surface area (Å²) in [6.45, 7) is -3.25. The van der Waals surface area contributed by atoms with Gasteiger partial charge in [-0.1, -0.05) is 0 Å². The van der Waals surface area contributed by atoms with E-state index in [0.29, 0.717) is 0 Å². The fraction of sp³-hybridized carbons (Fsp3) is 0.500. The molecule has 0 amide bonds. The number of hydrogen-bond donors (Lipinski definition) is 1. The summed E-state index contributed by atoms with van der Waals surface area (Å²) < 4.78 is 63.9. The van der Waals surface area contributed by atoms with Gasteiger partial charge in [-0.3, -0.25) is 5.10 Å². The molecule has 0 spiro atoms. The van der Waals surface area contributed by atoms with Gasteiger partial charge < -0.3 is 4.74 Å². The van der Waals surface area contributed by atoms with Crippen LogP contribution in [0.5, 0.6) is 5.88 Å². The monoisotopic (exact) mass is 250 g/mol. The highest BCUT2D eigenvalue weighted by Gasteiger charge is 2.37. The zero-order valence-corrected chi connectivity index (χ0v) is 7.66. The molecule has 0 bridgehead atoms. The largest absolute Gasteiger partial charge is 0.433 e. The van der Waals surface area contributed by atoms with E-state index in [4.69, 9.17) is 11.6 Å². The molecule has 86 valence electrons. The summed E-state index contributed by atoms with van der Waals surface area (Å²) in [6.07, 6.45) is -4.74. The van der Waals surface area contributed by atoms with Crippen molar-refractivity contribution in [3.63, 3.8) is 0 Å². The summed E-state index contributed by atoms with van der Waals surface area (Å²) in [5.74, 6) is -1.47. The third kappa shape index (κ3) is 2.71. The zero-order valence-electron chi connectivity index (χ0n) is 6.91. The van der Waals surface area contributed by atoms with Gasteiger partial charge in [-0.25, -0.2) is 0 Å². The molecule has 0 unspecified atom stereocenters. The minimum Gasteiger partial charge on any atom is -0.415 e. The molecule has 0 aliphatic heterocycles. The van der Waals surface area contributed by atoms with Gasteiger partial charge in [-0.05, 0) is 0 Å². The van der Waals surface area contributed by atoms with Gasteiger partial charge in [-0.2, -0.15) is 22.0 Å². The average Bonchev–Trinajstić information content (AvgIpc) is 2.45. The predicted octanol–water partition coefficient (Wildman–Crippen LogP) is 2.77. The van der Waals surface area contributed by atoms with E-state index in [1.165, 1.54) is 0 Å². The van der Waals surface area contributed by atoms with Gasteiger partial charge in [0.25, 0.3) is 0 Å². The van der Waals surface area contributed by atoms with Crippen LogP contribution in [0.3, 0.4) is 0 Å². The van der Waals surface area contributed by atoms with Gasteiger partial charge in [-0.15, -0.1) is 16.7 Å².